The van der Waals surface area contributed by atoms with Gasteiger partial charge >= 0.3 is 5.24 Å². The molecule has 5 nitrogen and oxygen atoms in total. The lowest BCUT2D eigenvalue weighted by Gasteiger charge is -2.10. The Morgan fingerprint density at radius 2 is 1.75 bits per heavy atom. The van der Waals surface area contributed by atoms with Gasteiger partial charge in [-0.1, -0.05) is 35.9 Å². The van der Waals surface area contributed by atoms with Gasteiger partial charge in [-0.15, -0.1) is 0 Å². The number of hydrogen-bond donors (Lipinski definition) is 1. The van der Waals surface area contributed by atoms with E-state index >= 15 is 0 Å². The minimum absolute atomic E-state index is 0.00541. The van der Waals surface area contributed by atoms with Crippen LogP contribution in [0.5, 0.6) is 5.75 Å². The first-order valence-corrected chi connectivity index (χ1v) is 7.96. The van der Waals surface area contributed by atoms with E-state index in [2.05, 4.69) is 0 Å². The number of aryl methyl sites for hydroxylation is 1. The normalized spacial score (nSPS) is 16.0. The highest BCUT2D eigenvalue weighted by atomic mass is 32.2. The fraction of sp³-hybridized carbons (Fsp3) is 0.0556. The molecule has 1 aliphatic heterocycles. The highest BCUT2D eigenvalue weighted by Gasteiger charge is 2.40. The van der Waals surface area contributed by atoms with Crippen LogP contribution in [0, 0.1) is 6.92 Å². The highest BCUT2D eigenvalue weighted by molar-refractivity contribution is 8.18. The minimum Gasteiger partial charge on any atom is -0.507 e. The van der Waals surface area contributed by atoms with Gasteiger partial charge in [-0.3, -0.25) is 14.4 Å². The number of carbonyl (C=O) groups excluding carboxylic acids is 3. The van der Waals surface area contributed by atoms with Gasteiger partial charge < -0.3 is 5.11 Å². The molecule has 120 valence electrons. The van der Waals surface area contributed by atoms with Gasteiger partial charge in [0.25, 0.3) is 11.8 Å². The van der Waals surface area contributed by atoms with Crippen LogP contribution in [0.15, 0.2) is 53.4 Å². The van der Waals surface area contributed by atoms with E-state index in [1.807, 2.05) is 6.92 Å². The molecule has 2 aromatic rings. The van der Waals surface area contributed by atoms with Gasteiger partial charge in [0, 0.05) is 11.1 Å². The largest absolute Gasteiger partial charge is 0.507 e. The second-order valence-electron chi connectivity index (χ2n) is 5.25. The summed E-state index contributed by atoms with van der Waals surface area (Å²) < 4.78 is 0. The molecule has 0 spiro atoms. The lowest BCUT2D eigenvalue weighted by atomic mass is 10.1. The first-order valence-electron chi connectivity index (χ1n) is 7.14. The standard InChI is InChI=1S/C18H13NO4S/c1-11-6-8-12(9-7-11)16(21)19-17(22)15(24-18(19)23)10-13-4-2-3-5-14(13)20/h2-10,20H,1H3/b15-10+. The molecule has 0 aromatic heterocycles. The molecule has 0 bridgehead atoms. The summed E-state index contributed by atoms with van der Waals surface area (Å²) in [5.74, 6) is -1.34. The van der Waals surface area contributed by atoms with Gasteiger partial charge in [0.1, 0.15) is 5.75 Å². The molecular formula is C18H13NO4S. The Hall–Kier alpha value is -2.86. The molecule has 0 aliphatic carbocycles. The third-order valence-corrected chi connectivity index (χ3v) is 4.39. The zero-order valence-corrected chi connectivity index (χ0v) is 13.5. The van der Waals surface area contributed by atoms with E-state index in [9.17, 15) is 19.5 Å². The smallest absolute Gasteiger partial charge is 0.300 e. The van der Waals surface area contributed by atoms with Crippen molar-refractivity contribution in [1.82, 2.24) is 4.90 Å². The number of carbonyl (C=O) groups is 3. The highest BCUT2D eigenvalue weighted by Crippen LogP contribution is 2.34. The van der Waals surface area contributed by atoms with E-state index in [-0.39, 0.29) is 16.2 Å². The molecule has 6 heteroatoms. The number of para-hydroxylation sites is 1. The molecule has 2 aromatic carbocycles. The number of phenols is 1. The minimum atomic E-state index is -0.682. The van der Waals surface area contributed by atoms with E-state index in [1.165, 1.54) is 12.1 Å². The van der Waals surface area contributed by atoms with Crippen LogP contribution in [0.2, 0.25) is 0 Å². The topological polar surface area (TPSA) is 74.7 Å². The average molecular weight is 339 g/mol. The molecular weight excluding hydrogens is 326 g/mol. The first-order chi connectivity index (χ1) is 11.5. The number of benzene rings is 2. The van der Waals surface area contributed by atoms with Crippen molar-refractivity contribution in [2.24, 2.45) is 0 Å². The van der Waals surface area contributed by atoms with Crippen LogP contribution in [-0.4, -0.2) is 27.1 Å². The number of phenolic OH excluding ortho intramolecular Hbond substituents is 1. The van der Waals surface area contributed by atoms with Crippen molar-refractivity contribution < 1.29 is 19.5 Å². The Bertz CT molecular complexity index is 871. The molecule has 1 aliphatic rings. The fourth-order valence-electron chi connectivity index (χ4n) is 2.22. The third kappa shape index (κ3) is 2.96. The summed E-state index contributed by atoms with van der Waals surface area (Å²) in [5.41, 5.74) is 1.65. The quantitative estimate of drug-likeness (QED) is 0.669. The van der Waals surface area contributed by atoms with Gasteiger partial charge in [0.05, 0.1) is 4.91 Å². The number of aromatic hydroxyl groups is 1. The predicted octanol–water partition coefficient (Wildman–Crippen LogP) is 3.58. The molecule has 0 unspecified atom stereocenters. The van der Waals surface area contributed by atoms with Crippen LogP contribution in [0.25, 0.3) is 6.08 Å². The predicted molar refractivity (Wildman–Crippen MR) is 91.4 cm³/mol. The lowest BCUT2D eigenvalue weighted by molar-refractivity contribution is -0.120. The monoisotopic (exact) mass is 339 g/mol. The molecule has 3 rings (SSSR count). The molecule has 1 saturated heterocycles. The average Bonchev–Trinajstić information content (AvgIpc) is 2.84. The molecule has 1 fully saturated rings. The third-order valence-electron chi connectivity index (χ3n) is 3.52. The number of thioether (sulfide) groups is 1. The number of rotatable bonds is 2. The molecule has 3 amide bonds. The Morgan fingerprint density at radius 3 is 2.42 bits per heavy atom. The maximum atomic E-state index is 12.4. The van der Waals surface area contributed by atoms with Crippen LogP contribution >= 0.6 is 11.8 Å². The van der Waals surface area contributed by atoms with Crippen LogP contribution in [-0.2, 0) is 4.79 Å². The summed E-state index contributed by atoms with van der Waals surface area (Å²) in [6, 6.07) is 13.1. The van der Waals surface area contributed by atoms with Crippen LogP contribution in [0.3, 0.4) is 0 Å². The van der Waals surface area contributed by atoms with Crippen molar-refractivity contribution in [3.63, 3.8) is 0 Å². The number of imide groups is 3. The van der Waals surface area contributed by atoms with Crippen LogP contribution < -0.4 is 0 Å². The van der Waals surface area contributed by atoms with E-state index < -0.39 is 17.1 Å². The van der Waals surface area contributed by atoms with E-state index in [4.69, 9.17) is 0 Å². The summed E-state index contributed by atoms with van der Waals surface area (Å²) >= 11 is 0.678. The molecule has 0 atom stereocenters. The fourth-order valence-corrected chi connectivity index (χ4v) is 3.03. The van der Waals surface area contributed by atoms with Gasteiger partial charge in [-0.25, -0.2) is 4.90 Å². The van der Waals surface area contributed by atoms with Gasteiger partial charge in [0.15, 0.2) is 0 Å². The zero-order chi connectivity index (χ0) is 17.3. The molecule has 1 N–H and O–H groups in total. The van der Waals surface area contributed by atoms with Gasteiger partial charge in [-0.2, -0.15) is 0 Å². The molecule has 1 heterocycles. The summed E-state index contributed by atoms with van der Waals surface area (Å²) in [4.78, 5) is 37.7. The number of hydrogen-bond acceptors (Lipinski definition) is 5. The van der Waals surface area contributed by atoms with Crippen molar-refractivity contribution in [2.75, 3.05) is 0 Å². The van der Waals surface area contributed by atoms with E-state index in [0.717, 1.165) is 5.56 Å². The Balaban J connectivity index is 1.91. The van der Waals surface area contributed by atoms with Crippen LogP contribution in [0.1, 0.15) is 21.5 Å². The summed E-state index contributed by atoms with van der Waals surface area (Å²) in [6.45, 7) is 1.88. The lowest BCUT2D eigenvalue weighted by Crippen LogP contribution is -2.34. The van der Waals surface area contributed by atoms with E-state index in [0.29, 0.717) is 22.2 Å². The van der Waals surface area contributed by atoms with Gasteiger partial charge in [0.2, 0.25) is 0 Å². The van der Waals surface area contributed by atoms with Crippen molar-refractivity contribution in [3.05, 3.63) is 70.1 Å². The van der Waals surface area contributed by atoms with Crippen molar-refractivity contribution >= 4 is 34.9 Å². The summed E-state index contributed by atoms with van der Waals surface area (Å²) in [5, 5.41) is 9.13. The number of nitrogens with zero attached hydrogens (tertiary/aromatic N) is 1. The summed E-state index contributed by atoms with van der Waals surface area (Å²) in [6.07, 6.45) is 1.41. The Morgan fingerprint density at radius 1 is 1.08 bits per heavy atom. The van der Waals surface area contributed by atoms with Gasteiger partial charge in [-0.05, 0) is 43.0 Å². The zero-order valence-electron chi connectivity index (χ0n) is 12.7. The molecule has 24 heavy (non-hydrogen) atoms. The maximum absolute atomic E-state index is 12.4. The second kappa shape index (κ2) is 6.33. The molecule has 0 radical (unpaired) electrons. The number of amides is 3. The van der Waals surface area contributed by atoms with Crippen molar-refractivity contribution in [1.29, 1.82) is 0 Å². The second-order valence-corrected chi connectivity index (χ2v) is 6.24. The Kier molecular flexibility index (Phi) is 4.22. The van der Waals surface area contributed by atoms with Crippen LogP contribution in [0.4, 0.5) is 4.79 Å². The SMILES string of the molecule is Cc1ccc(C(=O)N2C(=O)S/C(=C/c3ccccc3O)C2=O)cc1. The summed E-state index contributed by atoms with van der Waals surface area (Å²) in [7, 11) is 0. The molecule has 0 saturated carbocycles. The maximum Gasteiger partial charge on any atom is 0.300 e. The van der Waals surface area contributed by atoms with Crippen molar-refractivity contribution in [2.45, 2.75) is 6.92 Å². The first kappa shape index (κ1) is 16.0. The van der Waals surface area contributed by atoms with E-state index in [1.54, 1.807) is 42.5 Å². The van der Waals surface area contributed by atoms with Crippen molar-refractivity contribution in [3.8, 4) is 5.75 Å². The Labute approximate surface area is 142 Å².